The van der Waals surface area contributed by atoms with Gasteiger partial charge in [0.25, 0.3) is 0 Å². The molecule has 1 heterocycles. The van der Waals surface area contributed by atoms with E-state index >= 15 is 0 Å². The molecule has 0 aliphatic heterocycles. The van der Waals surface area contributed by atoms with Crippen molar-refractivity contribution in [2.75, 3.05) is 5.32 Å². The van der Waals surface area contributed by atoms with Crippen molar-refractivity contribution >= 4 is 5.69 Å². The van der Waals surface area contributed by atoms with E-state index in [2.05, 4.69) is 10.3 Å². The molecule has 2 nitrogen and oxygen atoms in total. The topological polar surface area (TPSA) is 24.9 Å². The Balaban J connectivity index is 2.18. The quantitative estimate of drug-likeness (QED) is 0.856. The molecule has 0 saturated carbocycles. The molecular weight excluding hydrogens is 272 g/mol. The van der Waals surface area contributed by atoms with Crippen molar-refractivity contribution in [2.24, 2.45) is 0 Å². The SMILES string of the molecule is Cc1ccncc1NCc1cc(F)cc(C(F)(F)F)c1. The first-order valence-electron chi connectivity index (χ1n) is 5.87. The molecular formula is C14H12F4N2. The maximum absolute atomic E-state index is 13.2. The van der Waals surface area contributed by atoms with Crippen molar-refractivity contribution in [1.82, 2.24) is 4.98 Å². The molecule has 0 bridgehead atoms. The number of aromatic nitrogens is 1. The van der Waals surface area contributed by atoms with Crippen LogP contribution in [0.15, 0.2) is 36.7 Å². The average molecular weight is 284 g/mol. The number of alkyl halides is 3. The lowest BCUT2D eigenvalue weighted by Crippen LogP contribution is -2.08. The largest absolute Gasteiger partial charge is 0.416 e. The van der Waals surface area contributed by atoms with Crippen LogP contribution >= 0.6 is 0 Å². The average Bonchev–Trinajstić information content (AvgIpc) is 2.36. The summed E-state index contributed by atoms with van der Waals surface area (Å²) in [5.41, 5.74) is 0.843. The zero-order chi connectivity index (χ0) is 14.8. The Bertz CT molecular complexity index is 608. The summed E-state index contributed by atoms with van der Waals surface area (Å²) in [5, 5.41) is 2.94. The molecule has 1 aromatic carbocycles. The van der Waals surface area contributed by atoms with Crippen LogP contribution in [0.5, 0.6) is 0 Å². The Labute approximate surface area is 113 Å². The van der Waals surface area contributed by atoms with Crippen molar-refractivity contribution < 1.29 is 17.6 Å². The zero-order valence-electron chi connectivity index (χ0n) is 10.6. The highest BCUT2D eigenvalue weighted by Crippen LogP contribution is 2.30. The van der Waals surface area contributed by atoms with Crippen LogP contribution in [0, 0.1) is 12.7 Å². The Morgan fingerprint density at radius 2 is 1.95 bits per heavy atom. The predicted octanol–water partition coefficient (Wildman–Crippen LogP) is 4.16. The Hall–Kier alpha value is -2.11. The highest BCUT2D eigenvalue weighted by Gasteiger charge is 2.31. The first kappa shape index (κ1) is 14.3. The molecule has 2 rings (SSSR count). The maximum Gasteiger partial charge on any atom is 0.416 e. The fraction of sp³-hybridized carbons (Fsp3) is 0.214. The third kappa shape index (κ3) is 3.46. The van der Waals surface area contributed by atoms with Gasteiger partial charge in [0.05, 0.1) is 17.4 Å². The number of nitrogens with one attached hydrogen (secondary N) is 1. The van der Waals surface area contributed by atoms with E-state index < -0.39 is 17.6 Å². The number of hydrogen-bond donors (Lipinski definition) is 1. The summed E-state index contributed by atoms with van der Waals surface area (Å²) in [6.45, 7) is 1.93. The van der Waals surface area contributed by atoms with Crippen LogP contribution in [0.3, 0.4) is 0 Å². The molecule has 1 N–H and O–H groups in total. The second-order valence-electron chi connectivity index (χ2n) is 4.39. The Morgan fingerprint density at radius 3 is 2.60 bits per heavy atom. The third-order valence-corrected chi connectivity index (χ3v) is 2.81. The number of rotatable bonds is 3. The molecule has 0 fully saturated rings. The van der Waals surface area contributed by atoms with Crippen LogP contribution in [0.4, 0.5) is 23.2 Å². The molecule has 0 spiro atoms. The molecule has 0 aliphatic carbocycles. The van der Waals surface area contributed by atoms with E-state index in [1.807, 2.05) is 6.92 Å². The van der Waals surface area contributed by atoms with Gasteiger partial charge < -0.3 is 5.32 Å². The second-order valence-corrected chi connectivity index (χ2v) is 4.39. The number of nitrogens with zero attached hydrogens (tertiary/aromatic N) is 1. The minimum Gasteiger partial charge on any atom is -0.380 e. The van der Waals surface area contributed by atoms with Gasteiger partial charge in [-0.15, -0.1) is 0 Å². The van der Waals surface area contributed by atoms with E-state index in [1.165, 1.54) is 0 Å². The van der Waals surface area contributed by atoms with Gasteiger partial charge in [-0.25, -0.2) is 4.39 Å². The molecule has 0 amide bonds. The molecule has 0 aliphatic rings. The molecule has 0 radical (unpaired) electrons. The molecule has 0 atom stereocenters. The summed E-state index contributed by atoms with van der Waals surface area (Å²) in [5.74, 6) is -0.903. The summed E-state index contributed by atoms with van der Waals surface area (Å²) in [6.07, 6.45) is -1.37. The normalized spacial score (nSPS) is 11.4. The van der Waals surface area contributed by atoms with Crippen molar-refractivity contribution in [3.05, 3.63) is 59.2 Å². The van der Waals surface area contributed by atoms with E-state index in [9.17, 15) is 17.6 Å². The van der Waals surface area contributed by atoms with Gasteiger partial charge in [-0.2, -0.15) is 13.2 Å². The lowest BCUT2D eigenvalue weighted by Gasteiger charge is -2.12. The molecule has 1 aromatic heterocycles. The van der Waals surface area contributed by atoms with Crippen molar-refractivity contribution in [1.29, 1.82) is 0 Å². The Morgan fingerprint density at radius 1 is 1.20 bits per heavy atom. The minimum absolute atomic E-state index is 0.0906. The number of hydrogen-bond acceptors (Lipinski definition) is 2. The Kier molecular flexibility index (Phi) is 3.92. The molecule has 6 heteroatoms. The fourth-order valence-corrected chi connectivity index (χ4v) is 1.76. The van der Waals surface area contributed by atoms with E-state index in [-0.39, 0.29) is 12.1 Å². The van der Waals surface area contributed by atoms with Gasteiger partial charge >= 0.3 is 6.18 Å². The summed E-state index contributed by atoms with van der Waals surface area (Å²) >= 11 is 0. The summed E-state index contributed by atoms with van der Waals surface area (Å²) < 4.78 is 51.0. The van der Waals surface area contributed by atoms with E-state index in [0.717, 1.165) is 17.7 Å². The smallest absolute Gasteiger partial charge is 0.380 e. The summed E-state index contributed by atoms with van der Waals surface area (Å²) in [7, 11) is 0. The molecule has 0 unspecified atom stereocenters. The van der Waals surface area contributed by atoms with Crippen molar-refractivity contribution in [3.63, 3.8) is 0 Å². The molecule has 0 saturated heterocycles. The highest BCUT2D eigenvalue weighted by atomic mass is 19.4. The van der Waals surface area contributed by atoms with E-state index in [4.69, 9.17) is 0 Å². The van der Waals surface area contributed by atoms with E-state index in [0.29, 0.717) is 11.8 Å². The van der Waals surface area contributed by atoms with Crippen LogP contribution in [0.25, 0.3) is 0 Å². The standard InChI is InChI=1S/C14H12F4N2/c1-9-2-3-19-8-13(9)20-7-10-4-11(14(16,17)18)6-12(15)5-10/h2-6,8,20H,7H2,1H3. The molecule has 2 aromatic rings. The molecule has 106 valence electrons. The van der Waals surface area contributed by atoms with Crippen molar-refractivity contribution in [3.8, 4) is 0 Å². The predicted molar refractivity (Wildman–Crippen MR) is 67.7 cm³/mol. The summed E-state index contributed by atoms with van der Waals surface area (Å²) in [6, 6.07) is 4.27. The fourth-order valence-electron chi connectivity index (χ4n) is 1.76. The van der Waals surface area contributed by atoms with Crippen LogP contribution in [-0.2, 0) is 12.7 Å². The van der Waals surface area contributed by atoms with Crippen LogP contribution in [0.2, 0.25) is 0 Å². The van der Waals surface area contributed by atoms with Gasteiger partial charge in [0.1, 0.15) is 5.82 Å². The summed E-state index contributed by atoms with van der Waals surface area (Å²) in [4.78, 5) is 3.92. The van der Waals surface area contributed by atoms with Gasteiger partial charge in [-0.1, -0.05) is 0 Å². The van der Waals surface area contributed by atoms with Gasteiger partial charge in [-0.3, -0.25) is 4.98 Å². The lowest BCUT2D eigenvalue weighted by molar-refractivity contribution is -0.137. The van der Waals surface area contributed by atoms with Gasteiger partial charge in [-0.05, 0) is 42.3 Å². The van der Waals surface area contributed by atoms with Gasteiger partial charge in [0.15, 0.2) is 0 Å². The minimum atomic E-state index is -4.55. The zero-order valence-corrected chi connectivity index (χ0v) is 10.6. The van der Waals surface area contributed by atoms with Crippen molar-refractivity contribution in [2.45, 2.75) is 19.6 Å². The first-order chi connectivity index (χ1) is 9.36. The maximum atomic E-state index is 13.2. The number of halogens is 4. The number of aryl methyl sites for hydroxylation is 1. The van der Waals surface area contributed by atoms with Gasteiger partial charge in [0.2, 0.25) is 0 Å². The van der Waals surface area contributed by atoms with Crippen LogP contribution < -0.4 is 5.32 Å². The second kappa shape index (κ2) is 5.48. The monoisotopic (exact) mass is 284 g/mol. The van der Waals surface area contributed by atoms with Crippen LogP contribution in [0.1, 0.15) is 16.7 Å². The number of benzene rings is 1. The first-order valence-corrected chi connectivity index (χ1v) is 5.87. The van der Waals surface area contributed by atoms with Crippen LogP contribution in [-0.4, -0.2) is 4.98 Å². The molecule has 20 heavy (non-hydrogen) atoms. The number of anilines is 1. The lowest BCUT2D eigenvalue weighted by atomic mass is 10.1. The highest BCUT2D eigenvalue weighted by molar-refractivity contribution is 5.48. The number of pyridine rings is 1. The third-order valence-electron chi connectivity index (χ3n) is 2.81. The van der Waals surface area contributed by atoms with Gasteiger partial charge in [0, 0.05) is 12.7 Å². The van der Waals surface area contributed by atoms with E-state index in [1.54, 1.807) is 18.5 Å².